The summed E-state index contributed by atoms with van der Waals surface area (Å²) in [5.74, 6) is 2.20. The number of hydrogen-bond acceptors (Lipinski definition) is 7. The predicted octanol–water partition coefficient (Wildman–Crippen LogP) is 3.82. The number of benzene rings is 2. The lowest BCUT2D eigenvalue weighted by Gasteiger charge is -2.12. The van der Waals surface area contributed by atoms with Gasteiger partial charge >= 0.3 is 0 Å². The molecule has 8 heteroatoms. The summed E-state index contributed by atoms with van der Waals surface area (Å²) in [6, 6.07) is 14.1. The first-order valence-electron chi connectivity index (χ1n) is 8.82. The number of carbonyl (C=O) groups excluding carboxylic acids is 1. The van der Waals surface area contributed by atoms with Crippen molar-refractivity contribution in [3.8, 4) is 23.0 Å². The van der Waals surface area contributed by atoms with E-state index in [0.29, 0.717) is 22.9 Å². The highest BCUT2D eigenvalue weighted by molar-refractivity contribution is 6.03. The lowest BCUT2D eigenvalue weighted by atomic mass is 10.2. The molecular formula is C21H19N3O5. The highest BCUT2D eigenvalue weighted by Gasteiger charge is 2.14. The van der Waals surface area contributed by atoms with E-state index in [1.54, 1.807) is 43.6 Å². The van der Waals surface area contributed by atoms with E-state index in [0.717, 1.165) is 17.1 Å². The molecule has 0 spiro atoms. The van der Waals surface area contributed by atoms with Crippen LogP contribution in [0.4, 0.5) is 17.1 Å². The van der Waals surface area contributed by atoms with Crippen molar-refractivity contribution >= 4 is 23.0 Å². The number of carbonyl (C=O) groups is 1. The minimum Gasteiger partial charge on any atom is -0.497 e. The molecule has 0 aliphatic carbocycles. The molecule has 2 aromatic carbocycles. The van der Waals surface area contributed by atoms with Crippen LogP contribution in [0.1, 0.15) is 10.5 Å². The molecule has 1 aliphatic rings. The summed E-state index contributed by atoms with van der Waals surface area (Å²) in [4.78, 5) is 16.8. The van der Waals surface area contributed by atoms with E-state index in [4.69, 9.17) is 18.9 Å². The molecule has 2 heterocycles. The van der Waals surface area contributed by atoms with Gasteiger partial charge in [-0.3, -0.25) is 4.79 Å². The Bertz CT molecular complexity index is 1040. The number of nitrogens with zero attached hydrogens (tertiary/aromatic N) is 1. The van der Waals surface area contributed by atoms with Gasteiger partial charge in [-0.05, 0) is 36.4 Å². The van der Waals surface area contributed by atoms with E-state index in [2.05, 4.69) is 15.6 Å². The second-order valence-corrected chi connectivity index (χ2v) is 6.15. The molecule has 29 heavy (non-hydrogen) atoms. The van der Waals surface area contributed by atoms with Crippen LogP contribution < -0.4 is 29.6 Å². The van der Waals surface area contributed by atoms with Gasteiger partial charge in [0, 0.05) is 17.8 Å². The fraction of sp³-hybridized carbons (Fsp3) is 0.143. The zero-order chi connectivity index (χ0) is 20.2. The van der Waals surface area contributed by atoms with E-state index in [1.807, 2.05) is 18.2 Å². The van der Waals surface area contributed by atoms with Crippen molar-refractivity contribution in [3.63, 3.8) is 0 Å². The summed E-state index contributed by atoms with van der Waals surface area (Å²) >= 11 is 0. The van der Waals surface area contributed by atoms with Crippen LogP contribution in [0, 0.1) is 0 Å². The number of ether oxygens (including phenoxy) is 4. The average molecular weight is 393 g/mol. The molecule has 1 aliphatic heterocycles. The number of pyridine rings is 1. The minimum absolute atomic E-state index is 0.225. The number of anilines is 3. The summed E-state index contributed by atoms with van der Waals surface area (Å²) in [6.45, 7) is 0.225. The van der Waals surface area contributed by atoms with Gasteiger partial charge in [0.1, 0.15) is 17.2 Å². The van der Waals surface area contributed by atoms with E-state index in [-0.39, 0.29) is 18.4 Å². The Morgan fingerprint density at radius 3 is 2.55 bits per heavy atom. The molecule has 0 atom stereocenters. The number of amides is 1. The highest BCUT2D eigenvalue weighted by Crippen LogP contribution is 2.35. The largest absolute Gasteiger partial charge is 0.497 e. The Hall–Kier alpha value is -3.94. The molecule has 2 N–H and O–H groups in total. The molecule has 1 amide bonds. The topological polar surface area (TPSA) is 90.9 Å². The van der Waals surface area contributed by atoms with Crippen molar-refractivity contribution in [2.24, 2.45) is 0 Å². The van der Waals surface area contributed by atoms with Gasteiger partial charge in [-0.2, -0.15) is 0 Å². The molecule has 148 valence electrons. The Balaban J connectivity index is 1.44. The lowest BCUT2D eigenvalue weighted by molar-refractivity contribution is 0.102. The Labute approximate surface area is 167 Å². The third-order valence-corrected chi connectivity index (χ3v) is 4.31. The molecule has 3 aromatic rings. The van der Waals surface area contributed by atoms with Crippen LogP contribution in [0.15, 0.2) is 54.7 Å². The molecule has 0 unspecified atom stereocenters. The van der Waals surface area contributed by atoms with Crippen LogP contribution in [0.25, 0.3) is 0 Å². The van der Waals surface area contributed by atoms with Crippen molar-refractivity contribution in [2.75, 3.05) is 31.6 Å². The van der Waals surface area contributed by atoms with Crippen molar-refractivity contribution in [1.29, 1.82) is 0 Å². The molecule has 0 fully saturated rings. The first kappa shape index (κ1) is 18.4. The molecular weight excluding hydrogens is 374 g/mol. The Morgan fingerprint density at radius 2 is 1.79 bits per heavy atom. The standard InChI is InChI=1S/C21H19N3O5/c1-26-15-5-7-16(19(10-15)27-2)24-21(25)17-6-3-14(11-22-17)23-13-4-8-18-20(9-13)29-12-28-18/h3-11,23H,12H2,1-2H3,(H,24,25). The number of nitrogens with one attached hydrogen (secondary N) is 2. The second kappa shape index (κ2) is 7.97. The van der Waals surface area contributed by atoms with Gasteiger partial charge in [-0.1, -0.05) is 0 Å². The van der Waals surface area contributed by atoms with Crippen molar-refractivity contribution in [1.82, 2.24) is 4.98 Å². The molecule has 0 saturated carbocycles. The maximum atomic E-state index is 12.5. The fourth-order valence-corrected chi connectivity index (χ4v) is 2.83. The van der Waals surface area contributed by atoms with Crippen molar-refractivity contribution in [2.45, 2.75) is 0 Å². The molecule has 4 rings (SSSR count). The molecule has 0 saturated heterocycles. The van der Waals surface area contributed by atoms with Crippen LogP contribution in [0.3, 0.4) is 0 Å². The zero-order valence-corrected chi connectivity index (χ0v) is 15.9. The van der Waals surface area contributed by atoms with Gasteiger partial charge in [0.15, 0.2) is 11.5 Å². The first-order chi connectivity index (χ1) is 14.2. The van der Waals surface area contributed by atoms with E-state index in [9.17, 15) is 4.79 Å². The monoisotopic (exact) mass is 393 g/mol. The third-order valence-electron chi connectivity index (χ3n) is 4.31. The number of aromatic nitrogens is 1. The summed E-state index contributed by atoms with van der Waals surface area (Å²) in [6.07, 6.45) is 1.59. The van der Waals surface area contributed by atoms with Crippen LogP contribution in [0.5, 0.6) is 23.0 Å². The summed E-state index contributed by atoms with van der Waals surface area (Å²) in [5.41, 5.74) is 2.38. The van der Waals surface area contributed by atoms with E-state index >= 15 is 0 Å². The van der Waals surface area contributed by atoms with Gasteiger partial charge in [0.2, 0.25) is 6.79 Å². The quantitative estimate of drug-likeness (QED) is 0.658. The maximum Gasteiger partial charge on any atom is 0.274 e. The Morgan fingerprint density at radius 1 is 0.966 bits per heavy atom. The number of hydrogen-bond donors (Lipinski definition) is 2. The van der Waals surface area contributed by atoms with E-state index < -0.39 is 0 Å². The van der Waals surface area contributed by atoms with Crippen molar-refractivity contribution < 1.29 is 23.7 Å². The summed E-state index contributed by atoms with van der Waals surface area (Å²) < 4.78 is 21.1. The normalized spacial score (nSPS) is 11.7. The number of rotatable bonds is 6. The van der Waals surface area contributed by atoms with Crippen LogP contribution in [-0.2, 0) is 0 Å². The smallest absolute Gasteiger partial charge is 0.274 e. The predicted molar refractivity (Wildman–Crippen MR) is 108 cm³/mol. The molecule has 1 aromatic heterocycles. The van der Waals surface area contributed by atoms with Gasteiger partial charge < -0.3 is 29.6 Å². The van der Waals surface area contributed by atoms with Crippen LogP contribution >= 0.6 is 0 Å². The minimum atomic E-state index is -0.344. The second-order valence-electron chi connectivity index (χ2n) is 6.15. The Kier molecular flexibility index (Phi) is 5.07. The summed E-state index contributed by atoms with van der Waals surface area (Å²) in [7, 11) is 3.09. The van der Waals surface area contributed by atoms with Gasteiger partial charge in [0.05, 0.1) is 31.8 Å². The van der Waals surface area contributed by atoms with Gasteiger partial charge in [0.25, 0.3) is 5.91 Å². The van der Waals surface area contributed by atoms with Gasteiger partial charge in [-0.25, -0.2) is 4.98 Å². The molecule has 8 nitrogen and oxygen atoms in total. The van der Waals surface area contributed by atoms with Crippen LogP contribution in [0.2, 0.25) is 0 Å². The van der Waals surface area contributed by atoms with Crippen molar-refractivity contribution in [3.05, 3.63) is 60.4 Å². The van der Waals surface area contributed by atoms with Gasteiger partial charge in [-0.15, -0.1) is 0 Å². The fourth-order valence-electron chi connectivity index (χ4n) is 2.83. The first-order valence-corrected chi connectivity index (χ1v) is 8.82. The SMILES string of the molecule is COc1ccc(NC(=O)c2ccc(Nc3ccc4c(c3)OCO4)cn2)c(OC)c1. The lowest BCUT2D eigenvalue weighted by Crippen LogP contribution is -2.14. The highest BCUT2D eigenvalue weighted by atomic mass is 16.7. The summed E-state index contributed by atoms with van der Waals surface area (Å²) in [5, 5.41) is 6.01. The number of methoxy groups -OCH3 is 2. The van der Waals surface area contributed by atoms with Crippen LogP contribution in [-0.4, -0.2) is 31.9 Å². The maximum absolute atomic E-state index is 12.5. The average Bonchev–Trinajstić information content (AvgIpc) is 3.22. The number of fused-ring (bicyclic) bond motifs is 1. The molecule has 0 bridgehead atoms. The molecule has 0 radical (unpaired) electrons. The van der Waals surface area contributed by atoms with E-state index in [1.165, 1.54) is 7.11 Å². The third kappa shape index (κ3) is 4.01. The zero-order valence-electron chi connectivity index (χ0n) is 15.9.